The Kier molecular flexibility index (Phi) is 2.03. The molecule has 1 saturated heterocycles. The first-order valence-corrected chi connectivity index (χ1v) is 6.87. The number of hydrogen-bond donors (Lipinski definition) is 0. The lowest BCUT2D eigenvalue weighted by molar-refractivity contribution is -0.0646. The van der Waals surface area contributed by atoms with E-state index >= 15 is 0 Å². The Labute approximate surface area is 94.2 Å². The summed E-state index contributed by atoms with van der Waals surface area (Å²) >= 11 is 0. The number of rotatable bonds is 3. The highest BCUT2D eigenvalue weighted by Crippen LogP contribution is 2.66. The van der Waals surface area contributed by atoms with Gasteiger partial charge in [0.2, 0.25) is 0 Å². The lowest BCUT2D eigenvalue weighted by atomic mass is 9.49. The summed E-state index contributed by atoms with van der Waals surface area (Å²) in [6, 6.07) is 0.970. The van der Waals surface area contributed by atoms with Crippen LogP contribution in [0.25, 0.3) is 0 Å². The minimum absolute atomic E-state index is 0.462. The van der Waals surface area contributed by atoms with Crippen LogP contribution >= 0.6 is 0 Å². The molecule has 1 aliphatic heterocycles. The molecule has 3 fully saturated rings. The molecule has 0 N–H and O–H groups in total. The quantitative estimate of drug-likeness (QED) is 0.685. The van der Waals surface area contributed by atoms with Crippen molar-refractivity contribution in [1.82, 2.24) is 4.90 Å². The van der Waals surface area contributed by atoms with Crippen LogP contribution in [0.2, 0.25) is 0 Å². The molecule has 0 radical (unpaired) electrons. The van der Waals surface area contributed by atoms with Crippen molar-refractivity contribution in [2.75, 3.05) is 6.54 Å². The molecular formula is C14H25N. The molecule has 15 heavy (non-hydrogen) atoms. The van der Waals surface area contributed by atoms with Crippen molar-refractivity contribution in [1.29, 1.82) is 0 Å². The smallest absolute Gasteiger partial charge is 0.0160 e. The molecule has 3 atom stereocenters. The highest BCUT2D eigenvalue weighted by Gasteiger charge is 2.65. The topological polar surface area (TPSA) is 3.24 Å². The van der Waals surface area contributed by atoms with Gasteiger partial charge in [-0.3, -0.25) is 4.90 Å². The minimum Gasteiger partial charge on any atom is -0.294 e. The summed E-state index contributed by atoms with van der Waals surface area (Å²) in [6.45, 7) is 8.67. The van der Waals surface area contributed by atoms with Crippen molar-refractivity contribution < 1.29 is 0 Å². The first kappa shape index (κ1) is 10.1. The van der Waals surface area contributed by atoms with E-state index in [4.69, 9.17) is 0 Å². The summed E-state index contributed by atoms with van der Waals surface area (Å²) in [5, 5.41) is 0. The van der Waals surface area contributed by atoms with E-state index in [0.717, 1.165) is 17.4 Å². The van der Waals surface area contributed by atoms with Gasteiger partial charge in [-0.15, -0.1) is 0 Å². The van der Waals surface area contributed by atoms with Gasteiger partial charge in [0, 0.05) is 18.1 Å². The van der Waals surface area contributed by atoms with Crippen LogP contribution in [-0.2, 0) is 0 Å². The first-order valence-electron chi connectivity index (χ1n) is 6.87. The van der Waals surface area contributed by atoms with E-state index in [0.29, 0.717) is 5.54 Å². The lowest BCUT2D eigenvalue weighted by Gasteiger charge is -2.57. The zero-order valence-electron chi connectivity index (χ0n) is 10.6. The van der Waals surface area contributed by atoms with E-state index in [-0.39, 0.29) is 0 Å². The Hall–Kier alpha value is -0.0400. The normalized spacial score (nSPS) is 44.2. The maximum Gasteiger partial charge on any atom is 0.0160 e. The molecular weight excluding hydrogens is 182 g/mol. The van der Waals surface area contributed by atoms with Gasteiger partial charge in [0.25, 0.3) is 0 Å². The number of hydrogen-bond acceptors (Lipinski definition) is 1. The van der Waals surface area contributed by atoms with Gasteiger partial charge < -0.3 is 0 Å². The molecule has 1 nitrogen and oxygen atoms in total. The van der Waals surface area contributed by atoms with Crippen LogP contribution in [0.3, 0.4) is 0 Å². The van der Waals surface area contributed by atoms with E-state index in [1.54, 1.807) is 12.8 Å². The molecule has 0 aromatic heterocycles. The molecule has 2 saturated carbocycles. The van der Waals surface area contributed by atoms with Crippen molar-refractivity contribution in [3.05, 3.63) is 0 Å². The van der Waals surface area contributed by atoms with Crippen LogP contribution < -0.4 is 0 Å². The third-order valence-corrected chi connectivity index (χ3v) is 5.75. The standard InChI is InChI=1S/C14H25N/c1-4-7-13(2,3)15-10-11-5-8-14(11)9-6-12(14)15/h11-12H,4-10H2,1-3H3. The average molecular weight is 207 g/mol. The van der Waals surface area contributed by atoms with Gasteiger partial charge in [-0.1, -0.05) is 13.3 Å². The molecule has 86 valence electrons. The molecule has 3 aliphatic rings. The molecule has 1 heterocycles. The number of nitrogens with zero attached hydrogens (tertiary/aromatic N) is 1. The summed E-state index contributed by atoms with van der Waals surface area (Å²) in [5.41, 5.74) is 1.29. The highest BCUT2D eigenvalue weighted by atomic mass is 15.3. The molecule has 1 spiro atoms. The lowest BCUT2D eigenvalue weighted by Crippen LogP contribution is -2.57. The molecule has 0 amide bonds. The zero-order chi connectivity index (χ0) is 10.7. The Morgan fingerprint density at radius 3 is 2.40 bits per heavy atom. The van der Waals surface area contributed by atoms with Crippen LogP contribution in [-0.4, -0.2) is 23.0 Å². The Bertz CT molecular complexity index is 267. The van der Waals surface area contributed by atoms with E-state index in [1.807, 2.05) is 0 Å². The van der Waals surface area contributed by atoms with Crippen molar-refractivity contribution >= 4 is 0 Å². The predicted molar refractivity (Wildman–Crippen MR) is 63.9 cm³/mol. The van der Waals surface area contributed by atoms with Gasteiger partial charge >= 0.3 is 0 Å². The van der Waals surface area contributed by atoms with Crippen LogP contribution in [0.1, 0.15) is 59.3 Å². The van der Waals surface area contributed by atoms with Crippen molar-refractivity contribution in [2.24, 2.45) is 11.3 Å². The summed E-state index contributed by atoms with van der Waals surface area (Å²) in [6.07, 6.45) is 8.79. The van der Waals surface area contributed by atoms with Gasteiger partial charge in [-0.05, 0) is 57.3 Å². The largest absolute Gasteiger partial charge is 0.294 e. The minimum atomic E-state index is 0.462. The van der Waals surface area contributed by atoms with E-state index in [9.17, 15) is 0 Å². The van der Waals surface area contributed by atoms with Crippen LogP contribution in [0.5, 0.6) is 0 Å². The third kappa shape index (κ3) is 1.13. The van der Waals surface area contributed by atoms with Gasteiger partial charge in [0.15, 0.2) is 0 Å². The highest BCUT2D eigenvalue weighted by molar-refractivity contribution is 5.17. The maximum absolute atomic E-state index is 2.87. The molecule has 2 aliphatic carbocycles. The Morgan fingerprint density at radius 2 is 2.00 bits per heavy atom. The Balaban J connectivity index is 1.78. The second kappa shape index (κ2) is 3.00. The third-order valence-electron chi connectivity index (χ3n) is 5.75. The van der Waals surface area contributed by atoms with Crippen LogP contribution in [0.15, 0.2) is 0 Å². The number of likely N-dealkylation sites (tertiary alicyclic amines) is 1. The fourth-order valence-corrected chi connectivity index (χ4v) is 4.66. The van der Waals surface area contributed by atoms with Crippen LogP contribution in [0, 0.1) is 11.3 Å². The average Bonchev–Trinajstić information content (AvgIpc) is 2.20. The summed E-state index contributed by atoms with van der Waals surface area (Å²) in [4.78, 5) is 2.87. The SMILES string of the molecule is CCCC(C)(C)N1CC2CCC23CCC13. The fraction of sp³-hybridized carbons (Fsp3) is 1.00. The second-order valence-corrected chi connectivity index (χ2v) is 6.74. The molecule has 0 aromatic rings. The van der Waals surface area contributed by atoms with Gasteiger partial charge in [0.05, 0.1) is 0 Å². The van der Waals surface area contributed by atoms with Crippen molar-refractivity contribution in [3.8, 4) is 0 Å². The summed E-state index contributed by atoms with van der Waals surface area (Å²) in [7, 11) is 0. The zero-order valence-corrected chi connectivity index (χ0v) is 10.6. The monoisotopic (exact) mass is 207 g/mol. The molecule has 3 rings (SSSR count). The Morgan fingerprint density at radius 1 is 1.27 bits per heavy atom. The van der Waals surface area contributed by atoms with Crippen molar-refractivity contribution in [3.63, 3.8) is 0 Å². The van der Waals surface area contributed by atoms with E-state index < -0.39 is 0 Å². The molecule has 0 aromatic carbocycles. The first-order chi connectivity index (χ1) is 7.10. The molecule has 0 bridgehead atoms. The van der Waals surface area contributed by atoms with Crippen molar-refractivity contribution in [2.45, 2.75) is 70.9 Å². The predicted octanol–water partition coefficient (Wildman–Crippen LogP) is 3.44. The van der Waals surface area contributed by atoms with Gasteiger partial charge in [0.1, 0.15) is 0 Å². The fourth-order valence-electron chi connectivity index (χ4n) is 4.66. The summed E-state index contributed by atoms with van der Waals surface area (Å²) in [5.74, 6) is 1.08. The van der Waals surface area contributed by atoms with E-state index in [2.05, 4.69) is 25.7 Å². The van der Waals surface area contributed by atoms with Gasteiger partial charge in [-0.25, -0.2) is 0 Å². The van der Waals surface area contributed by atoms with E-state index in [1.165, 1.54) is 32.2 Å². The second-order valence-electron chi connectivity index (χ2n) is 6.74. The molecule has 1 heteroatoms. The molecule has 3 unspecified atom stereocenters. The van der Waals surface area contributed by atoms with Crippen LogP contribution in [0.4, 0.5) is 0 Å². The van der Waals surface area contributed by atoms with Gasteiger partial charge in [-0.2, -0.15) is 0 Å². The maximum atomic E-state index is 2.87. The summed E-state index contributed by atoms with van der Waals surface area (Å²) < 4.78 is 0.